The van der Waals surface area contributed by atoms with E-state index in [1.807, 2.05) is 0 Å². The maximum Gasteiger partial charge on any atom is 0.305 e. The number of carbonyl (C=O) groups excluding carboxylic acids is 6. The number of guanidine groups is 1. The van der Waals surface area contributed by atoms with E-state index in [1.54, 1.807) is 30.3 Å². The van der Waals surface area contributed by atoms with Crippen molar-refractivity contribution in [2.75, 3.05) is 18.8 Å². The highest BCUT2D eigenvalue weighted by Gasteiger charge is 2.48. The lowest BCUT2D eigenvalue weighted by Gasteiger charge is -2.37. The van der Waals surface area contributed by atoms with Gasteiger partial charge < -0.3 is 48.1 Å². The molecule has 0 aromatic heterocycles. The van der Waals surface area contributed by atoms with Crippen molar-refractivity contribution in [3.63, 3.8) is 0 Å². The average molecular weight is 674 g/mol. The number of benzene rings is 1. The SMILES string of the molecule is NC(N)=NCCC[C@H]1NC(=O)[C@@H]2CSC3CCC(NC(=O)[C@@H](Cc4ccccc4)NC(=O)[C@@H](CC(=O)O)NC(=O)CNC1=O)C(=O)N32. The Morgan fingerprint density at radius 1 is 0.894 bits per heavy atom. The van der Waals surface area contributed by atoms with Gasteiger partial charge in [0.05, 0.1) is 18.3 Å². The van der Waals surface area contributed by atoms with Crippen LogP contribution in [0.2, 0.25) is 0 Å². The van der Waals surface area contributed by atoms with Crippen LogP contribution in [0.4, 0.5) is 0 Å². The van der Waals surface area contributed by atoms with Gasteiger partial charge in [-0.05, 0) is 31.2 Å². The number of nitrogens with zero attached hydrogens (tertiary/aromatic N) is 2. The Morgan fingerprint density at radius 3 is 2.30 bits per heavy atom. The van der Waals surface area contributed by atoms with Crippen LogP contribution in [0.3, 0.4) is 0 Å². The lowest BCUT2D eigenvalue weighted by Crippen LogP contribution is -2.63. The van der Waals surface area contributed by atoms with Gasteiger partial charge in [-0.25, -0.2) is 0 Å². The summed E-state index contributed by atoms with van der Waals surface area (Å²) in [5.41, 5.74) is 11.4. The van der Waals surface area contributed by atoms with E-state index in [0.717, 1.165) is 0 Å². The Hall–Kier alpha value is -4.87. The second-order valence-corrected chi connectivity index (χ2v) is 12.6. The molecule has 3 heterocycles. The predicted octanol–water partition coefficient (Wildman–Crippen LogP) is -3.11. The van der Waals surface area contributed by atoms with Crippen molar-refractivity contribution in [3.05, 3.63) is 35.9 Å². The number of piperidine rings is 1. The number of carboxylic acids is 1. The maximum atomic E-state index is 13.7. The molecule has 1 aromatic rings. The molecule has 0 spiro atoms. The molecular weight excluding hydrogens is 634 g/mol. The van der Waals surface area contributed by atoms with Gasteiger partial charge in [-0.3, -0.25) is 38.6 Å². The zero-order valence-electron chi connectivity index (χ0n) is 25.5. The third-order valence-electron chi connectivity index (χ3n) is 7.91. The number of fused-ring (bicyclic) bond motifs is 1. The normalized spacial score (nSPS) is 27.3. The quantitative estimate of drug-likeness (QED) is 0.0778. The summed E-state index contributed by atoms with van der Waals surface area (Å²) < 4.78 is 0. The van der Waals surface area contributed by atoms with E-state index in [4.69, 9.17) is 11.5 Å². The summed E-state index contributed by atoms with van der Waals surface area (Å²) >= 11 is 1.42. The first kappa shape index (κ1) is 35.0. The fraction of sp³-hybridized carbons (Fsp3) is 0.517. The van der Waals surface area contributed by atoms with Crippen LogP contribution in [0.15, 0.2) is 35.3 Å². The zero-order valence-corrected chi connectivity index (χ0v) is 26.3. The summed E-state index contributed by atoms with van der Waals surface area (Å²) in [6.45, 7) is -0.489. The van der Waals surface area contributed by atoms with Crippen LogP contribution in [0.25, 0.3) is 0 Å². The Balaban J connectivity index is 1.63. The number of aliphatic imine (C=N–C) groups is 1. The van der Waals surface area contributed by atoms with Gasteiger partial charge >= 0.3 is 5.97 Å². The lowest BCUT2D eigenvalue weighted by molar-refractivity contribution is -0.146. The van der Waals surface area contributed by atoms with Gasteiger partial charge in [0.2, 0.25) is 35.4 Å². The van der Waals surface area contributed by atoms with Crippen molar-refractivity contribution < 1.29 is 38.7 Å². The number of amides is 6. The largest absolute Gasteiger partial charge is 0.481 e. The molecule has 254 valence electrons. The van der Waals surface area contributed by atoms with E-state index in [0.29, 0.717) is 12.0 Å². The topological polar surface area (TPSA) is 268 Å². The molecule has 3 fully saturated rings. The van der Waals surface area contributed by atoms with E-state index >= 15 is 0 Å². The summed E-state index contributed by atoms with van der Waals surface area (Å²) in [4.78, 5) is 97.2. The van der Waals surface area contributed by atoms with Gasteiger partial charge in [0, 0.05) is 18.7 Å². The molecule has 2 unspecified atom stereocenters. The third-order valence-corrected chi connectivity index (χ3v) is 9.27. The Morgan fingerprint density at radius 2 is 1.60 bits per heavy atom. The van der Waals surface area contributed by atoms with Crippen LogP contribution in [-0.4, -0.2) is 112 Å². The maximum absolute atomic E-state index is 13.7. The van der Waals surface area contributed by atoms with Crippen LogP contribution in [0, 0.1) is 0 Å². The number of thioether (sulfide) groups is 1. The van der Waals surface area contributed by atoms with Crippen LogP contribution in [-0.2, 0) is 40.0 Å². The fourth-order valence-corrected chi connectivity index (χ4v) is 7.02. The molecule has 10 N–H and O–H groups in total. The number of rotatable bonds is 8. The minimum Gasteiger partial charge on any atom is -0.481 e. The number of aliphatic carboxylic acids is 1. The summed E-state index contributed by atoms with van der Waals surface area (Å²) in [6.07, 6.45) is 0.319. The number of carboxylic acid groups (broad SMARTS) is 1. The molecule has 3 aliphatic rings. The number of hydrogen-bond acceptors (Lipinski definition) is 9. The summed E-state index contributed by atoms with van der Waals surface area (Å²) in [7, 11) is 0. The zero-order chi connectivity index (χ0) is 34.1. The molecule has 47 heavy (non-hydrogen) atoms. The molecule has 3 saturated heterocycles. The molecule has 3 aliphatic heterocycles. The van der Waals surface area contributed by atoms with Crippen molar-refractivity contribution in [3.8, 4) is 0 Å². The smallest absolute Gasteiger partial charge is 0.305 e. The minimum absolute atomic E-state index is 0.000907. The number of nitrogens with one attached hydrogen (secondary N) is 5. The monoisotopic (exact) mass is 673 g/mol. The van der Waals surface area contributed by atoms with E-state index in [-0.39, 0.29) is 49.3 Å². The second-order valence-electron chi connectivity index (χ2n) is 11.4. The van der Waals surface area contributed by atoms with Crippen molar-refractivity contribution in [2.45, 2.75) is 74.1 Å². The van der Waals surface area contributed by atoms with Crippen LogP contribution in [0.1, 0.15) is 37.7 Å². The fourth-order valence-electron chi connectivity index (χ4n) is 5.59. The van der Waals surface area contributed by atoms with Crippen molar-refractivity contribution in [2.24, 2.45) is 16.5 Å². The van der Waals surface area contributed by atoms with E-state index in [9.17, 15) is 38.7 Å². The molecule has 4 rings (SSSR count). The highest BCUT2D eigenvalue weighted by Crippen LogP contribution is 2.36. The number of carbonyl (C=O) groups is 7. The molecule has 6 atom stereocenters. The highest BCUT2D eigenvalue weighted by atomic mass is 32.2. The summed E-state index contributed by atoms with van der Waals surface area (Å²) in [6, 6.07) is 2.82. The molecule has 18 heteroatoms. The number of hydrogen-bond donors (Lipinski definition) is 8. The molecule has 0 saturated carbocycles. The van der Waals surface area contributed by atoms with Crippen LogP contribution < -0.4 is 38.1 Å². The van der Waals surface area contributed by atoms with Gasteiger partial charge in [0.1, 0.15) is 30.2 Å². The molecule has 1 aromatic carbocycles. The third kappa shape index (κ3) is 9.57. The highest BCUT2D eigenvalue weighted by molar-refractivity contribution is 8.00. The van der Waals surface area contributed by atoms with E-state index in [1.165, 1.54) is 16.7 Å². The average Bonchev–Trinajstić information content (AvgIpc) is 3.47. The Kier molecular flexibility index (Phi) is 12.0. The van der Waals surface area contributed by atoms with Crippen LogP contribution >= 0.6 is 11.8 Å². The molecular formula is C29H39N9O8S. The first-order valence-electron chi connectivity index (χ1n) is 15.2. The first-order valence-corrected chi connectivity index (χ1v) is 16.2. The van der Waals surface area contributed by atoms with Gasteiger partial charge in [-0.2, -0.15) is 0 Å². The van der Waals surface area contributed by atoms with Gasteiger partial charge in [-0.1, -0.05) is 30.3 Å². The van der Waals surface area contributed by atoms with E-state index < -0.39 is 84.6 Å². The van der Waals surface area contributed by atoms with Gasteiger partial charge in [0.25, 0.3) is 0 Å². The molecule has 0 aliphatic carbocycles. The van der Waals surface area contributed by atoms with Gasteiger partial charge in [0.15, 0.2) is 5.96 Å². The second kappa shape index (κ2) is 16.1. The van der Waals surface area contributed by atoms with Crippen molar-refractivity contribution in [1.82, 2.24) is 31.5 Å². The number of nitrogens with two attached hydrogens (primary N) is 2. The molecule has 2 bridgehead atoms. The molecule has 17 nitrogen and oxygen atoms in total. The minimum atomic E-state index is -1.60. The standard InChI is InChI=1S/C29H39N9O8S/c30-29(31)32-10-4-7-16-24(42)33-13-21(39)34-19(12-23(40)41)26(44)37-18(11-15-5-2-1-3-6-15)25(43)36-17-8-9-22-38(28(17)46)20(14-47-22)27(45)35-16/h1-3,5-6,16-20,22H,4,7-14H2,(H,33,42)(H,34,39)(H,35,45)(H,36,43)(H,37,44)(H,40,41)(H4,30,31,32)/t16-,17?,18-,19-,20+,22?/m1/s1. The Labute approximate surface area is 274 Å². The molecule has 6 amide bonds. The van der Waals surface area contributed by atoms with Gasteiger partial charge in [-0.15, -0.1) is 11.8 Å². The predicted molar refractivity (Wildman–Crippen MR) is 169 cm³/mol. The van der Waals surface area contributed by atoms with Crippen molar-refractivity contribution in [1.29, 1.82) is 0 Å². The van der Waals surface area contributed by atoms with Crippen molar-refractivity contribution >= 4 is 59.1 Å². The van der Waals surface area contributed by atoms with E-state index in [2.05, 4.69) is 31.6 Å². The molecule has 0 radical (unpaired) electrons. The van der Waals surface area contributed by atoms with Crippen LogP contribution in [0.5, 0.6) is 0 Å². The summed E-state index contributed by atoms with van der Waals surface area (Å²) in [5, 5.41) is 21.8. The first-order chi connectivity index (χ1) is 22.4. The lowest BCUT2D eigenvalue weighted by atomic mass is 10.00. The summed E-state index contributed by atoms with van der Waals surface area (Å²) in [5.74, 6) is -5.57. The Bertz CT molecular complexity index is 1410.